The highest BCUT2D eigenvalue weighted by atomic mass is 16.4. The van der Waals surface area contributed by atoms with Crippen LogP contribution in [0.25, 0.3) is 0 Å². The smallest absolute Gasteiger partial charge is 0.303 e. The first kappa shape index (κ1) is 19.7. The minimum Gasteiger partial charge on any atom is -0.481 e. The second-order valence-electron chi connectivity index (χ2n) is 6.77. The maximum absolute atomic E-state index is 11.1. The summed E-state index contributed by atoms with van der Waals surface area (Å²) in [4.78, 5) is 11.1. The number of hydrogen-bond donors (Lipinski definition) is 1. The molecule has 23 heavy (non-hydrogen) atoms. The van der Waals surface area contributed by atoms with Gasteiger partial charge in [0.15, 0.2) is 0 Å². The lowest BCUT2D eigenvalue weighted by Gasteiger charge is -2.15. The molecular formula is C21H34O2. The monoisotopic (exact) mass is 318 g/mol. The molecule has 1 aromatic rings. The summed E-state index contributed by atoms with van der Waals surface area (Å²) in [5.74, 6) is -0.388. The number of carboxylic acid groups (broad SMARTS) is 1. The van der Waals surface area contributed by atoms with Crippen LogP contribution in [0.5, 0.6) is 0 Å². The zero-order chi connectivity index (χ0) is 16.8. The summed E-state index contributed by atoms with van der Waals surface area (Å²) in [7, 11) is 0. The van der Waals surface area contributed by atoms with Crippen LogP contribution >= 0.6 is 0 Å². The molecule has 1 atom stereocenters. The normalized spacial score (nSPS) is 12.2. The van der Waals surface area contributed by atoms with Gasteiger partial charge in [-0.15, -0.1) is 0 Å². The van der Waals surface area contributed by atoms with Gasteiger partial charge in [-0.05, 0) is 24.3 Å². The van der Waals surface area contributed by atoms with E-state index in [2.05, 4.69) is 19.1 Å². The summed E-state index contributed by atoms with van der Waals surface area (Å²) in [5, 5.41) is 9.11. The predicted molar refractivity (Wildman–Crippen MR) is 97.7 cm³/mol. The lowest BCUT2D eigenvalue weighted by Crippen LogP contribution is -2.11. The quantitative estimate of drug-likeness (QED) is 0.412. The topological polar surface area (TPSA) is 37.3 Å². The minimum absolute atomic E-state index is 0.277. The summed E-state index contributed by atoms with van der Waals surface area (Å²) < 4.78 is 0. The Labute approximate surface area is 142 Å². The van der Waals surface area contributed by atoms with Gasteiger partial charge in [-0.1, -0.05) is 95.0 Å². The van der Waals surface area contributed by atoms with Gasteiger partial charge in [0, 0.05) is 6.42 Å². The second-order valence-corrected chi connectivity index (χ2v) is 6.77. The van der Waals surface area contributed by atoms with Crippen LogP contribution < -0.4 is 0 Å². The average Bonchev–Trinajstić information content (AvgIpc) is 2.53. The fraction of sp³-hybridized carbons (Fsp3) is 0.667. The SMILES string of the molecule is CCCCCCCCCCC[C@@H](CC(=O)O)Cc1ccccc1. The molecule has 0 bridgehead atoms. The highest BCUT2D eigenvalue weighted by Gasteiger charge is 2.13. The largest absolute Gasteiger partial charge is 0.481 e. The summed E-state index contributed by atoms with van der Waals surface area (Å²) in [6, 6.07) is 10.3. The van der Waals surface area contributed by atoms with E-state index in [1.807, 2.05) is 18.2 Å². The Balaban J connectivity index is 2.15. The first-order valence-corrected chi connectivity index (χ1v) is 9.48. The molecule has 0 saturated carbocycles. The van der Waals surface area contributed by atoms with Crippen molar-refractivity contribution in [3.8, 4) is 0 Å². The van der Waals surface area contributed by atoms with Crippen LogP contribution in [-0.2, 0) is 11.2 Å². The standard InChI is InChI=1S/C21H34O2/c1-2-3-4-5-6-7-8-9-11-16-20(18-21(22)23)17-19-14-12-10-13-15-19/h10,12-15,20H,2-9,11,16-18H2,1H3,(H,22,23)/t20-/m1/s1. The molecule has 0 aliphatic rings. The molecule has 0 saturated heterocycles. The molecule has 1 aromatic carbocycles. The molecule has 0 aromatic heterocycles. The molecule has 1 N–H and O–H groups in total. The number of benzene rings is 1. The van der Waals surface area contributed by atoms with E-state index in [4.69, 9.17) is 5.11 Å². The van der Waals surface area contributed by atoms with Gasteiger partial charge in [-0.25, -0.2) is 0 Å². The van der Waals surface area contributed by atoms with E-state index in [0.29, 0.717) is 6.42 Å². The molecule has 130 valence electrons. The second kappa shape index (κ2) is 13.2. The molecule has 0 fully saturated rings. The third-order valence-electron chi connectivity index (χ3n) is 4.55. The van der Waals surface area contributed by atoms with Crippen LogP contribution in [0.3, 0.4) is 0 Å². The van der Waals surface area contributed by atoms with Crippen molar-refractivity contribution in [1.82, 2.24) is 0 Å². The first-order chi connectivity index (χ1) is 11.2. The fourth-order valence-corrected chi connectivity index (χ4v) is 3.21. The van der Waals surface area contributed by atoms with Crippen molar-refractivity contribution < 1.29 is 9.90 Å². The Morgan fingerprint density at radius 2 is 1.48 bits per heavy atom. The van der Waals surface area contributed by atoms with Crippen molar-refractivity contribution in [2.45, 2.75) is 84.0 Å². The molecule has 2 heteroatoms. The van der Waals surface area contributed by atoms with E-state index in [9.17, 15) is 4.79 Å². The maximum atomic E-state index is 11.1. The summed E-state index contributed by atoms with van der Waals surface area (Å²) in [5.41, 5.74) is 1.26. The van der Waals surface area contributed by atoms with Crippen molar-refractivity contribution >= 4 is 5.97 Å². The molecule has 1 rings (SSSR count). The fourth-order valence-electron chi connectivity index (χ4n) is 3.21. The van der Waals surface area contributed by atoms with Crippen molar-refractivity contribution in [3.05, 3.63) is 35.9 Å². The zero-order valence-electron chi connectivity index (χ0n) is 14.8. The van der Waals surface area contributed by atoms with Crippen molar-refractivity contribution in [3.63, 3.8) is 0 Å². The van der Waals surface area contributed by atoms with Gasteiger partial charge in [0.1, 0.15) is 0 Å². The van der Waals surface area contributed by atoms with Crippen molar-refractivity contribution in [2.24, 2.45) is 5.92 Å². The van der Waals surface area contributed by atoms with Crippen molar-refractivity contribution in [1.29, 1.82) is 0 Å². The van der Waals surface area contributed by atoms with Crippen LogP contribution in [-0.4, -0.2) is 11.1 Å². The van der Waals surface area contributed by atoms with Gasteiger partial charge in [0.25, 0.3) is 0 Å². The average molecular weight is 319 g/mol. The minimum atomic E-state index is -0.665. The molecule has 0 unspecified atom stereocenters. The molecule has 2 nitrogen and oxygen atoms in total. The van der Waals surface area contributed by atoms with Gasteiger partial charge >= 0.3 is 5.97 Å². The predicted octanol–water partition coefficient (Wildman–Crippen LogP) is 6.24. The Hall–Kier alpha value is -1.31. The van der Waals surface area contributed by atoms with E-state index in [1.165, 1.54) is 63.4 Å². The molecule has 0 radical (unpaired) electrons. The molecule has 0 aliphatic heterocycles. The Kier molecular flexibility index (Phi) is 11.3. The van der Waals surface area contributed by atoms with Gasteiger partial charge in [0.2, 0.25) is 0 Å². The van der Waals surface area contributed by atoms with Gasteiger partial charge in [-0.3, -0.25) is 4.79 Å². The number of hydrogen-bond acceptors (Lipinski definition) is 1. The van der Waals surface area contributed by atoms with Crippen LogP contribution in [0, 0.1) is 5.92 Å². The van der Waals surface area contributed by atoms with E-state index < -0.39 is 5.97 Å². The summed E-state index contributed by atoms with van der Waals surface area (Å²) in [6.07, 6.45) is 14.1. The summed E-state index contributed by atoms with van der Waals surface area (Å²) in [6.45, 7) is 2.25. The van der Waals surface area contributed by atoms with E-state index in [1.54, 1.807) is 0 Å². The molecule has 0 amide bonds. The van der Waals surface area contributed by atoms with Gasteiger partial charge in [0.05, 0.1) is 0 Å². The van der Waals surface area contributed by atoms with Crippen molar-refractivity contribution in [2.75, 3.05) is 0 Å². The van der Waals surface area contributed by atoms with Gasteiger partial charge in [-0.2, -0.15) is 0 Å². The molecule has 0 heterocycles. The van der Waals surface area contributed by atoms with E-state index in [-0.39, 0.29) is 5.92 Å². The van der Waals surface area contributed by atoms with E-state index >= 15 is 0 Å². The summed E-state index contributed by atoms with van der Waals surface area (Å²) >= 11 is 0. The number of carboxylic acids is 1. The van der Waals surface area contributed by atoms with E-state index in [0.717, 1.165) is 12.8 Å². The number of rotatable bonds is 14. The lowest BCUT2D eigenvalue weighted by atomic mass is 9.91. The lowest BCUT2D eigenvalue weighted by molar-refractivity contribution is -0.138. The Morgan fingerprint density at radius 3 is 2.04 bits per heavy atom. The maximum Gasteiger partial charge on any atom is 0.303 e. The van der Waals surface area contributed by atoms with Crippen LogP contribution in [0.4, 0.5) is 0 Å². The number of aliphatic carboxylic acids is 1. The number of carbonyl (C=O) groups is 1. The third kappa shape index (κ3) is 11.0. The molecule has 0 spiro atoms. The first-order valence-electron chi connectivity index (χ1n) is 9.48. The Morgan fingerprint density at radius 1 is 0.913 bits per heavy atom. The highest BCUT2D eigenvalue weighted by Crippen LogP contribution is 2.20. The Bertz CT molecular complexity index is 400. The third-order valence-corrected chi connectivity index (χ3v) is 4.55. The zero-order valence-corrected chi connectivity index (χ0v) is 14.8. The molecular weight excluding hydrogens is 284 g/mol. The number of unbranched alkanes of at least 4 members (excludes halogenated alkanes) is 8. The van der Waals surface area contributed by atoms with Crippen LogP contribution in [0.15, 0.2) is 30.3 Å². The van der Waals surface area contributed by atoms with Gasteiger partial charge < -0.3 is 5.11 Å². The van der Waals surface area contributed by atoms with Crippen LogP contribution in [0.2, 0.25) is 0 Å². The molecule has 0 aliphatic carbocycles. The highest BCUT2D eigenvalue weighted by molar-refractivity contribution is 5.67. The van der Waals surface area contributed by atoms with Crippen LogP contribution in [0.1, 0.15) is 83.1 Å².